The minimum atomic E-state index is -0.860. The van der Waals surface area contributed by atoms with E-state index < -0.39 is 5.97 Å². The zero-order chi connectivity index (χ0) is 14.0. The third-order valence-corrected chi connectivity index (χ3v) is 3.68. The number of benzene rings is 1. The number of rotatable bonds is 4. The summed E-state index contributed by atoms with van der Waals surface area (Å²) in [5.41, 5.74) is 3.28. The van der Waals surface area contributed by atoms with Gasteiger partial charge in [-0.3, -0.25) is 4.79 Å². The highest BCUT2D eigenvalue weighted by atomic mass is 32.2. The Labute approximate surface area is 115 Å². The fraction of sp³-hybridized carbons (Fsp3) is 0.308. The van der Waals surface area contributed by atoms with E-state index in [4.69, 9.17) is 5.11 Å². The number of hydrogen-bond donors (Lipinski definition) is 1. The van der Waals surface area contributed by atoms with Crippen LogP contribution in [0.25, 0.3) is 11.4 Å². The van der Waals surface area contributed by atoms with Crippen molar-refractivity contribution in [2.45, 2.75) is 19.0 Å². The van der Waals surface area contributed by atoms with E-state index in [1.165, 1.54) is 17.3 Å². The zero-order valence-electron chi connectivity index (χ0n) is 11.0. The van der Waals surface area contributed by atoms with E-state index in [9.17, 15) is 4.79 Å². The fourth-order valence-corrected chi connectivity index (χ4v) is 2.43. The summed E-state index contributed by atoms with van der Waals surface area (Å²) < 4.78 is 1.61. The number of carbonyl (C=O) groups is 1. The highest BCUT2D eigenvalue weighted by molar-refractivity contribution is 7.99. The van der Waals surface area contributed by atoms with E-state index in [1.807, 2.05) is 26.0 Å². The molecule has 2 aromatic rings. The van der Waals surface area contributed by atoms with Gasteiger partial charge in [0, 0.05) is 12.6 Å². The Morgan fingerprint density at radius 2 is 2.16 bits per heavy atom. The van der Waals surface area contributed by atoms with E-state index in [0.717, 1.165) is 11.1 Å². The van der Waals surface area contributed by atoms with Crippen LogP contribution in [0.1, 0.15) is 11.1 Å². The Hall–Kier alpha value is -1.82. The van der Waals surface area contributed by atoms with Crippen molar-refractivity contribution in [1.29, 1.82) is 0 Å². The molecule has 0 aliphatic rings. The van der Waals surface area contributed by atoms with Crippen LogP contribution in [0, 0.1) is 13.8 Å². The van der Waals surface area contributed by atoms with Crippen LogP contribution in [0.15, 0.2) is 23.4 Å². The van der Waals surface area contributed by atoms with Gasteiger partial charge in [-0.05, 0) is 19.4 Å². The molecule has 0 unspecified atom stereocenters. The number of hydrogen-bond acceptors (Lipinski definition) is 4. The molecule has 5 nitrogen and oxygen atoms in total. The fourth-order valence-electron chi connectivity index (χ4n) is 1.80. The van der Waals surface area contributed by atoms with Gasteiger partial charge in [0.15, 0.2) is 11.0 Å². The van der Waals surface area contributed by atoms with E-state index >= 15 is 0 Å². The second-order valence-corrected chi connectivity index (χ2v) is 5.28. The van der Waals surface area contributed by atoms with Crippen LogP contribution in [-0.4, -0.2) is 31.6 Å². The van der Waals surface area contributed by atoms with Crippen LogP contribution in [0.5, 0.6) is 0 Å². The molecule has 0 fully saturated rings. The Morgan fingerprint density at radius 3 is 2.79 bits per heavy atom. The lowest BCUT2D eigenvalue weighted by Crippen LogP contribution is -2.00. The molecule has 1 heterocycles. The van der Waals surface area contributed by atoms with Crippen molar-refractivity contribution in [3.05, 3.63) is 29.3 Å². The number of aromatic nitrogens is 3. The Morgan fingerprint density at radius 1 is 1.42 bits per heavy atom. The minimum absolute atomic E-state index is 0.0150. The molecule has 0 aliphatic carbocycles. The molecule has 0 amide bonds. The number of carboxylic acids is 1. The van der Waals surface area contributed by atoms with Crippen molar-refractivity contribution in [3.63, 3.8) is 0 Å². The van der Waals surface area contributed by atoms with E-state index in [0.29, 0.717) is 11.0 Å². The average Bonchev–Trinajstić information content (AvgIpc) is 2.67. The number of aryl methyl sites for hydroxylation is 3. The van der Waals surface area contributed by atoms with Gasteiger partial charge < -0.3 is 5.11 Å². The summed E-state index contributed by atoms with van der Waals surface area (Å²) in [7, 11) is 1.77. The molecule has 100 valence electrons. The van der Waals surface area contributed by atoms with Gasteiger partial charge in [0.2, 0.25) is 0 Å². The summed E-state index contributed by atoms with van der Waals surface area (Å²) in [6, 6.07) is 6.09. The molecule has 1 aromatic carbocycles. The highest BCUT2D eigenvalue weighted by Gasteiger charge is 2.12. The molecule has 0 radical (unpaired) electrons. The van der Waals surface area contributed by atoms with E-state index in [1.54, 1.807) is 11.7 Å². The van der Waals surface area contributed by atoms with Gasteiger partial charge >= 0.3 is 5.97 Å². The minimum Gasteiger partial charge on any atom is -0.481 e. The van der Waals surface area contributed by atoms with Crippen molar-refractivity contribution in [1.82, 2.24) is 14.8 Å². The molecule has 1 N–H and O–H groups in total. The molecule has 0 saturated heterocycles. The van der Waals surface area contributed by atoms with Crippen molar-refractivity contribution >= 4 is 17.7 Å². The number of nitrogens with zero attached hydrogens (tertiary/aromatic N) is 3. The van der Waals surface area contributed by atoms with Crippen molar-refractivity contribution in [3.8, 4) is 11.4 Å². The summed E-state index contributed by atoms with van der Waals surface area (Å²) >= 11 is 1.17. The number of carboxylic acid groups (broad SMARTS) is 1. The maximum absolute atomic E-state index is 10.6. The van der Waals surface area contributed by atoms with Gasteiger partial charge in [-0.1, -0.05) is 35.5 Å². The van der Waals surface area contributed by atoms with Gasteiger partial charge in [-0.15, -0.1) is 0 Å². The second-order valence-electron chi connectivity index (χ2n) is 4.34. The van der Waals surface area contributed by atoms with Crippen LogP contribution in [0.4, 0.5) is 0 Å². The molecule has 6 heteroatoms. The largest absolute Gasteiger partial charge is 0.481 e. The maximum atomic E-state index is 10.6. The first kappa shape index (κ1) is 13.6. The van der Waals surface area contributed by atoms with Gasteiger partial charge in [-0.25, -0.2) is 9.67 Å². The molecule has 2 rings (SSSR count). The molecule has 19 heavy (non-hydrogen) atoms. The van der Waals surface area contributed by atoms with Crippen molar-refractivity contribution in [2.24, 2.45) is 7.05 Å². The average molecular weight is 277 g/mol. The van der Waals surface area contributed by atoms with Gasteiger partial charge in [0.1, 0.15) is 0 Å². The van der Waals surface area contributed by atoms with Crippen LogP contribution < -0.4 is 0 Å². The summed E-state index contributed by atoms with van der Waals surface area (Å²) in [5.74, 6) is -0.243. The van der Waals surface area contributed by atoms with Crippen molar-refractivity contribution < 1.29 is 9.90 Å². The quantitative estimate of drug-likeness (QED) is 0.868. The van der Waals surface area contributed by atoms with Crippen LogP contribution in [0.3, 0.4) is 0 Å². The lowest BCUT2D eigenvalue weighted by atomic mass is 10.1. The Kier molecular flexibility index (Phi) is 3.90. The highest BCUT2D eigenvalue weighted by Crippen LogP contribution is 2.24. The third kappa shape index (κ3) is 3.14. The third-order valence-electron chi connectivity index (χ3n) is 2.67. The smallest absolute Gasteiger partial charge is 0.313 e. The first-order valence-corrected chi connectivity index (χ1v) is 6.79. The predicted octanol–water partition coefficient (Wildman–Crippen LogP) is 2.28. The lowest BCUT2D eigenvalue weighted by Gasteiger charge is -2.01. The molecule has 0 atom stereocenters. The zero-order valence-corrected chi connectivity index (χ0v) is 11.9. The topological polar surface area (TPSA) is 68.0 Å². The molecule has 0 aliphatic heterocycles. The first-order valence-electron chi connectivity index (χ1n) is 5.80. The summed E-state index contributed by atoms with van der Waals surface area (Å²) in [4.78, 5) is 15.0. The van der Waals surface area contributed by atoms with Crippen LogP contribution in [0.2, 0.25) is 0 Å². The Balaban J connectivity index is 2.31. The number of thioether (sulfide) groups is 1. The van der Waals surface area contributed by atoms with E-state index in [2.05, 4.69) is 16.1 Å². The molecule has 0 spiro atoms. The molecule has 0 bridgehead atoms. The molecule has 1 aromatic heterocycles. The van der Waals surface area contributed by atoms with Gasteiger partial charge in [0.25, 0.3) is 0 Å². The van der Waals surface area contributed by atoms with Gasteiger partial charge in [-0.2, -0.15) is 5.10 Å². The summed E-state index contributed by atoms with van der Waals surface area (Å²) in [6.45, 7) is 4.06. The standard InChI is InChI=1S/C13H15N3O2S/c1-8-4-5-10(9(2)6-8)12-14-13(16(3)15-12)19-7-11(17)18/h4-6H,7H2,1-3H3,(H,17,18). The number of aliphatic carboxylic acids is 1. The van der Waals surface area contributed by atoms with E-state index in [-0.39, 0.29) is 5.75 Å². The molecule has 0 saturated carbocycles. The summed E-state index contributed by atoms with van der Waals surface area (Å²) in [6.07, 6.45) is 0. The van der Waals surface area contributed by atoms with Crippen LogP contribution >= 0.6 is 11.8 Å². The molecular weight excluding hydrogens is 262 g/mol. The summed E-state index contributed by atoms with van der Waals surface area (Å²) in [5, 5.41) is 13.6. The second kappa shape index (κ2) is 5.44. The normalized spacial score (nSPS) is 10.7. The van der Waals surface area contributed by atoms with Gasteiger partial charge in [0.05, 0.1) is 5.75 Å². The monoisotopic (exact) mass is 277 g/mol. The predicted molar refractivity (Wildman–Crippen MR) is 74.3 cm³/mol. The SMILES string of the molecule is Cc1ccc(-c2nc(SCC(=O)O)n(C)n2)c(C)c1. The van der Waals surface area contributed by atoms with Crippen molar-refractivity contribution in [2.75, 3.05) is 5.75 Å². The first-order chi connectivity index (χ1) is 8.97. The lowest BCUT2D eigenvalue weighted by molar-refractivity contribution is -0.133. The Bertz CT molecular complexity index is 622. The maximum Gasteiger partial charge on any atom is 0.313 e. The van der Waals surface area contributed by atoms with Crippen LogP contribution in [-0.2, 0) is 11.8 Å². The molecular formula is C13H15N3O2S.